The Balaban J connectivity index is 1.53. The van der Waals surface area contributed by atoms with Gasteiger partial charge in [-0.2, -0.15) is 0 Å². The molecule has 0 aromatic heterocycles. The molecule has 3 aromatic carbocycles. The quantitative estimate of drug-likeness (QED) is 0.352. The van der Waals surface area contributed by atoms with E-state index in [2.05, 4.69) is 5.32 Å². The van der Waals surface area contributed by atoms with Gasteiger partial charge in [0.05, 0.1) is 23.0 Å². The molecule has 0 spiro atoms. The van der Waals surface area contributed by atoms with E-state index in [1.807, 2.05) is 36.4 Å². The SMILES string of the molecule is CCS(=O)(=O)c1ccc(CC(=O)NC2=CC(Cl)(Oc3ccc(Cl)cc3)C(c3ccccc3)C=C2)cc1. The van der Waals surface area contributed by atoms with Crippen molar-refractivity contribution in [2.75, 3.05) is 5.75 Å². The number of amides is 1. The van der Waals surface area contributed by atoms with E-state index < -0.39 is 14.9 Å². The first-order chi connectivity index (χ1) is 17.2. The number of benzene rings is 3. The van der Waals surface area contributed by atoms with Crippen molar-refractivity contribution < 1.29 is 17.9 Å². The lowest BCUT2D eigenvalue weighted by Gasteiger charge is -2.35. The Morgan fingerprint density at radius 1 is 1.00 bits per heavy atom. The molecule has 0 radical (unpaired) electrons. The van der Waals surface area contributed by atoms with Crippen molar-refractivity contribution in [2.24, 2.45) is 0 Å². The standard InChI is InChI=1S/C28H25Cl2NO4S/c1-2-36(33,34)25-15-8-20(9-16-25)18-27(32)31-23-12-17-26(21-6-4-3-5-7-21)28(30,19-23)35-24-13-10-22(29)11-14-24/h3-17,19,26H,2,18H2,1H3,(H,31,32). The molecule has 0 saturated heterocycles. The van der Waals surface area contributed by atoms with Crippen molar-refractivity contribution in [2.45, 2.75) is 29.2 Å². The lowest BCUT2D eigenvalue weighted by molar-refractivity contribution is -0.119. The van der Waals surface area contributed by atoms with E-state index in [-0.39, 0.29) is 28.9 Å². The molecule has 0 heterocycles. The van der Waals surface area contributed by atoms with Gasteiger partial charge in [0.15, 0.2) is 9.84 Å². The van der Waals surface area contributed by atoms with Crippen LogP contribution >= 0.6 is 23.2 Å². The first-order valence-corrected chi connectivity index (χ1v) is 13.8. The van der Waals surface area contributed by atoms with Crippen LogP contribution in [0.1, 0.15) is 24.0 Å². The minimum atomic E-state index is -3.29. The second kappa shape index (κ2) is 10.9. The molecule has 1 N–H and O–H groups in total. The Morgan fingerprint density at radius 2 is 1.67 bits per heavy atom. The molecule has 1 aliphatic carbocycles. The number of halogens is 2. The van der Waals surface area contributed by atoms with Crippen LogP contribution in [0.15, 0.2) is 108 Å². The van der Waals surface area contributed by atoms with Gasteiger partial charge in [-0.15, -0.1) is 0 Å². The van der Waals surface area contributed by atoms with Crippen LogP contribution < -0.4 is 10.1 Å². The third-order valence-electron chi connectivity index (χ3n) is 5.80. The van der Waals surface area contributed by atoms with Crippen molar-refractivity contribution in [3.05, 3.63) is 119 Å². The van der Waals surface area contributed by atoms with Gasteiger partial charge in [0, 0.05) is 10.7 Å². The van der Waals surface area contributed by atoms with Crippen molar-refractivity contribution in [3.63, 3.8) is 0 Å². The molecule has 0 bridgehead atoms. The van der Waals surface area contributed by atoms with Crippen LogP contribution in [0.2, 0.25) is 5.02 Å². The highest BCUT2D eigenvalue weighted by molar-refractivity contribution is 7.91. The van der Waals surface area contributed by atoms with E-state index in [0.717, 1.165) is 5.56 Å². The van der Waals surface area contributed by atoms with Gasteiger partial charge in [-0.1, -0.05) is 78.7 Å². The molecule has 8 heteroatoms. The van der Waals surface area contributed by atoms with Gasteiger partial charge in [-0.3, -0.25) is 4.79 Å². The Hall–Kier alpha value is -3.06. The van der Waals surface area contributed by atoms with Crippen LogP contribution in [-0.2, 0) is 21.1 Å². The van der Waals surface area contributed by atoms with Crippen molar-refractivity contribution >= 4 is 38.9 Å². The van der Waals surface area contributed by atoms with Gasteiger partial charge in [-0.05, 0) is 59.7 Å². The molecule has 2 atom stereocenters. The molecule has 5 nitrogen and oxygen atoms in total. The average Bonchev–Trinajstić information content (AvgIpc) is 2.86. The number of carbonyl (C=O) groups excluding carboxylic acids is 1. The van der Waals surface area contributed by atoms with Crippen LogP contribution in [0.25, 0.3) is 0 Å². The largest absolute Gasteiger partial charge is 0.467 e. The first-order valence-electron chi connectivity index (χ1n) is 11.4. The van der Waals surface area contributed by atoms with Crippen molar-refractivity contribution in [3.8, 4) is 5.75 Å². The number of carbonyl (C=O) groups is 1. The fourth-order valence-electron chi connectivity index (χ4n) is 3.91. The summed E-state index contributed by atoms with van der Waals surface area (Å²) in [5.74, 6) is -0.0182. The maximum atomic E-state index is 12.8. The second-order valence-electron chi connectivity index (χ2n) is 8.37. The van der Waals surface area contributed by atoms with Crippen LogP contribution in [0.5, 0.6) is 5.75 Å². The zero-order chi connectivity index (χ0) is 25.8. The predicted octanol–water partition coefficient (Wildman–Crippen LogP) is 6.04. The fraction of sp³-hybridized carbons (Fsp3) is 0.179. The molecule has 1 aliphatic rings. The third-order valence-corrected chi connectivity index (χ3v) is 8.23. The smallest absolute Gasteiger partial charge is 0.228 e. The Kier molecular flexibility index (Phi) is 7.88. The van der Waals surface area contributed by atoms with Gasteiger partial charge in [0.2, 0.25) is 11.0 Å². The number of nitrogens with one attached hydrogen (secondary N) is 1. The number of sulfone groups is 1. The van der Waals surface area contributed by atoms with Crippen LogP contribution in [-0.4, -0.2) is 25.1 Å². The molecular weight excluding hydrogens is 517 g/mol. The molecule has 4 rings (SSSR count). The summed E-state index contributed by atoms with van der Waals surface area (Å²) in [5, 5.41) is 2.16. The van der Waals surface area contributed by atoms with E-state index in [9.17, 15) is 13.2 Å². The minimum absolute atomic E-state index is 0.0234. The number of hydrogen-bond acceptors (Lipinski definition) is 4. The summed E-state index contributed by atoms with van der Waals surface area (Å²) in [6.07, 6.45) is 5.47. The Bertz CT molecular complexity index is 1390. The second-order valence-corrected chi connectivity index (χ2v) is 11.7. The maximum Gasteiger partial charge on any atom is 0.228 e. The van der Waals surface area contributed by atoms with Crippen LogP contribution in [0, 0.1) is 0 Å². The summed E-state index contributed by atoms with van der Waals surface area (Å²) in [4.78, 5) is 13.0. The molecule has 186 valence electrons. The lowest BCUT2D eigenvalue weighted by Crippen LogP contribution is -2.38. The van der Waals surface area contributed by atoms with Crippen molar-refractivity contribution in [1.29, 1.82) is 0 Å². The number of alkyl halides is 1. The topological polar surface area (TPSA) is 72.5 Å². The molecular formula is C28H25Cl2NO4S. The molecule has 2 unspecified atom stereocenters. The first kappa shape index (κ1) is 26.0. The summed E-state index contributed by atoms with van der Waals surface area (Å²) in [5.41, 5.74) is 2.16. The molecule has 0 fully saturated rings. The van der Waals surface area contributed by atoms with Gasteiger partial charge in [-0.25, -0.2) is 8.42 Å². The fourth-order valence-corrected chi connectivity index (χ4v) is 5.32. The summed E-state index contributed by atoms with van der Waals surface area (Å²) in [7, 11) is -3.29. The third kappa shape index (κ3) is 6.19. The number of rotatable bonds is 8. The van der Waals surface area contributed by atoms with Crippen molar-refractivity contribution in [1.82, 2.24) is 5.32 Å². The predicted molar refractivity (Wildman–Crippen MR) is 143 cm³/mol. The van der Waals surface area contributed by atoms with E-state index in [4.69, 9.17) is 27.9 Å². The van der Waals surface area contributed by atoms with E-state index in [1.165, 1.54) is 12.1 Å². The summed E-state index contributed by atoms with van der Waals surface area (Å²) in [6.45, 7) is 1.60. The van der Waals surface area contributed by atoms with E-state index >= 15 is 0 Å². The van der Waals surface area contributed by atoms with Gasteiger partial charge in [0.25, 0.3) is 0 Å². The average molecular weight is 542 g/mol. The van der Waals surface area contributed by atoms with Crippen LogP contribution in [0.4, 0.5) is 0 Å². The molecule has 1 amide bonds. The summed E-state index contributed by atoms with van der Waals surface area (Å²) in [6, 6.07) is 23.0. The van der Waals surface area contributed by atoms with E-state index in [1.54, 1.807) is 55.5 Å². The molecule has 3 aromatic rings. The van der Waals surface area contributed by atoms with Gasteiger partial charge in [0.1, 0.15) is 5.75 Å². The normalized spacial score (nSPS) is 19.4. The monoisotopic (exact) mass is 541 g/mol. The zero-order valence-corrected chi connectivity index (χ0v) is 21.9. The highest BCUT2D eigenvalue weighted by Crippen LogP contribution is 2.42. The molecule has 36 heavy (non-hydrogen) atoms. The number of hydrogen-bond donors (Lipinski definition) is 1. The lowest BCUT2D eigenvalue weighted by atomic mass is 9.88. The van der Waals surface area contributed by atoms with E-state index in [0.29, 0.717) is 22.0 Å². The summed E-state index contributed by atoms with van der Waals surface area (Å²) >= 11 is 13.1. The number of allylic oxidation sites excluding steroid dienone is 1. The number of ether oxygens (including phenoxy) is 1. The zero-order valence-electron chi connectivity index (χ0n) is 19.5. The Morgan fingerprint density at radius 3 is 2.31 bits per heavy atom. The highest BCUT2D eigenvalue weighted by Gasteiger charge is 2.39. The molecule has 0 aliphatic heterocycles. The van der Waals surface area contributed by atoms with Gasteiger partial charge >= 0.3 is 0 Å². The maximum absolute atomic E-state index is 12.8. The molecule has 0 saturated carbocycles. The summed E-state index contributed by atoms with van der Waals surface area (Å²) < 4.78 is 30.2. The Labute approximate surface area is 221 Å². The highest BCUT2D eigenvalue weighted by atomic mass is 35.5. The van der Waals surface area contributed by atoms with Crippen LogP contribution in [0.3, 0.4) is 0 Å². The minimum Gasteiger partial charge on any atom is -0.467 e. The van der Waals surface area contributed by atoms with Gasteiger partial charge < -0.3 is 10.1 Å².